The third kappa shape index (κ3) is 2.86. The van der Waals surface area contributed by atoms with Crippen molar-refractivity contribution in [1.82, 2.24) is 10.1 Å². The minimum absolute atomic E-state index is 0.0377. The molecular formula is C14H7BrClN3O3. The predicted octanol–water partition coefficient (Wildman–Crippen LogP) is 4.73. The summed E-state index contributed by atoms with van der Waals surface area (Å²) in [5.74, 6) is 0.502. The Hall–Kier alpha value is -2.25. The Morgan fingerprint density at radius 3 is 2.82 bits per heavy atom. The van der Waals surface area contributed by atoms with Crippen molar-refractivity contribution < 1.29 is 9.45 Å². The first-order valence-corrected chi connectivity index (χ1v) is 7.25. The molecule has 6 nitrogen and oxygen atoms in total. The van der Waals surface area contributed by atoms with Gasteiger partial charge in [0.25, 0.3) is 11.6 Å². The molecule has 0 spiro atoms. The summed E-state index contributed by atoms with van der Waals surface area (Å²) in [6.07, 6.45) is 0. The molecule has 0 unspecified atom stereocenters. The highest BCUT2D eigenvalue weighted by atomic mass is 79.9. The third-order valence-electron chi connectivity index (χ3n) is 2.90. The normalized spacial score (nSPS) is 10.6. The Labute approximate surface area is 138 Å². The van der Waals surface area contributed by atoms with E-state index in [-0.39, 0.29) is 17.4 Å². The van der Waals surface area contributed by atoms with Crippen molar-refractivity contribution in [2.24, 2.45) is 0 Å². The maximum atomic E-state index is 10.8. The van der Waals surface area contributed by atoms with E-state index in [9.17, 15) is 10.1 Å². The monoisotopic (exact) mass is 379 g/mol. The number of non-ortho nitro benzene ring substituents is 1. The zero-order valence-electron chi connectivity index (χ0n) is 10.9. The van der Waals surface area contributed by atoms with E-state index in [0.29, 0.717) is 16.1 Å². The summed E-state index contributed by atoms with van der Waals surface area (Å²) in [6, 6.07) is 11.3. The number of benzene rings is 2. The molecular weight excluding hydrogens is 374 g/mol. The first kappa shape index (κ1) is 14.7. The second kappa shape index (κ2) is 5.86. The SMILES string of the molecule is O=[N+]([O-])c1cccc(-c2noc(-c3cc(Br)ccc3Cl)n2)c1. The van der Waals surface area contributed by atoms with E-state index < -0.39 is 4.92 Å². The lowest BCUT2D eigenvalue weighted by Crippen LogP contribution is -1.89. The molecule has 8 heteroatoms. The van der Waals surface area contributed by atoms with Crippen LogP contribution in [0.2, 0.25) is 5.02 Å². The number of hydrogen-bond acceptors (Lipinski definition) is 5. The molecule has 0 saturated heterocycles. The topological polar surface area (TPSA) is 82.1 Å². The Kier molecular flexibility index (Phi) is 3.91. The average molecular weight is 381 g/mol. The molecule has 110 valence electrons. The molecule has 0 bridgehead atoms. The van der Waals surface area contributed by atoms with E-state index in [1.807, 2.05) is 0 Å². The van der Waals surface area contributed by atoms with Gasteiger partial charge in [0.05, 0.1) is 15.5 Å². The molecule has 1 aromatic heterocycles. The fourth-order valence-corrected chi connectivity index (χ4v) is 2.43. The van der Waals surface area contributed by atoms with Gasteiger partial charge >= 0.3 is 0 Å². The maximum Gasteiger partial charge on any atom is 0.270 e. The zero-order valence-corrected chi connectivity index (χ0v) is 13.2. The van der Waals surface area contributed by atoms with Crippen molar-refractivity contribution >= 4 is 33.2 Å². The van der Waals surface area contributed by atoms with Crippen molar-refractivity contribution in [3.05, 3.63) is 62.1 Å². The molecule has 0 radical (unpaired) electrons. The van der Waals surface area contributed by atoms with Crippen molar-refractivity contribution in [2.45, 2.75) is 0 Å². The van der Waals surface area contributed by atoms with Crippen LogP contribution in [0.1, 0.15) is 0 Å². The predicted molar refractivity (Wildman–Crippen MR) is 84.5 cm³/mol. The molecule has 0 atom stereocenters. The summed E-state index contributed by atoms with van der Waals surface area (Å²) in [4.78, 5) is 14.6. The molecule has 3 rings (SSSR count). The highest BCUT2D eigenvalue weighted by molar-refractivity contribution is 9.10. The number of nitro groups is 1. The van der Waals surface area contributed by atoms with Crippen LogP contribution in [0.15, 0.2) is 51.5 Å². The van der Waals surface area contributed by atoms with Crippen LogP contribution >= 0.6 is 27.5 Å². The molecule has 2 aromatic carbocycles. The second-order valence-corrected chi connectivity index (χ2v) is 5.68. The molecule has 0 aliphatic carbocycles. The lowest BCUT2D eigenvalue weighted by atomic mass is 10.2. The maximum absolute atomic E-state index is 10.8. The molecule has 1 heterocycles. The molecule has 0 aliphatic heterocycles. The quantitative estimate of drug-likeness (QED) is 0.484. The van der Waals surface area contributed by atoms with Crippen molar-refractivity contribution in [2.75, 3.05) is 0 Å². The first-order chi connectivity index (χ1) is 10.5. The van der Waals surface area contributed by atoms with Gasteiger partial charge in [0, 0.05) is 22.2 Å². The minimum atomic E-state index is -0.477. The van der Waals surface area contributed by atoms with Gasteiger partial charge in [0.2, 0.25) is 5.82 Å². The molecule has 0 amide bonds. The van der Waals surface area contributed by atoms with E-state index in [2.05, 4.69) is 26.1 Å². The van der Waals surface area contributed by atoms with Crippen LogP contribution in [0.5, 0.6) is 0 Å². The minimum Gasteiger partial charge on any atom is -0.334 e. The summed E-state index contributed by atoms with van der Waals surface area (Å²) in [5, 5.41) is 15.1. The van der Waals surface area contributed by atoms with Gasteiger partial charge in [-0.1, -0.05) is 44.8 Å². The van der Waals surface area contributed by atoms with Crippen LogP contribution in [-0.4, -0.2) is 15.1 Å². The van der Waals surface area contributed by atoms with E-state index in [1.165, 1.54) is 12.1 Å². The number of nitro benzene ring substituents is 1. The van der Waals surface area contributed by atoms with E-state index in [4.69, 9.17) is 16.1 Å². The molecule has 0 saturated carbocycles. The van der Waals surface area contributed by atoms with Gasteiger partial charge in [-0.3, -0.25) is 10.1 Å². The van der Waals surface area contributed by atoms with Gasteiger partial charge in [-0.05, 0) is 18.2 Å². The molecule has 0 aliphatic rings. The largest absolute Gasteiger partial charge is 0.334 e. The number of aromatic nitrogens is 2. The van der Waals surface area contributed by atoms with Gasteiger partial charge in [-0.2, -0.15) is 4.98 Å². The van der Waals surface area contributed by atoms with E-state index in [1.54, 1.807) is 30.3 Å². The van der Waals surface area contributed by atoms with Crippen molar-refractivity contribution in [3.8, 4) is 22.8 Å². The van der Waals surface area contributed by atoms with Gasteiger partial charge in [-0.15, -0.1) is 0 Å². The standard InChI is InChI=1S/C14H7BrClN3O3/c15-9-4-5-12(16)11(7-9)14-17-13(18-22-14)8-2-1-3-10(6-8)19(20)21/h1-7H. The highest BCUT2D eigenvalue weighted by Crippen LogP contribution is 2.31. The number of rotatable bonds is 3. The van der Waals surface area contributed by atoms with Gasteiger partial charge in [0.15, 0.2) is 0 Å². The number of hydrogen-bond donors (Lipinski definition) is 0. The molecule has 22 heavy (non-hydrogen) atoms. The van der Waals surface area contributed by atoms with Crippen LogP contribution in [-0.2, 0) is 0 Å². The molecule has 3 aromatic rings. The fourth-order valence-electron chi connectivity index (χ4n) is 1.87. The zero-order chi connectivity index (χ0) is 15.7. The summed E-state index contributed by atoms with van der Waals surface area (Å²) in [7, 11) is 0. The van der Waals surface area contributed by atoms with Gasteiger partial charge in [-0.25, -0.2) is 0 Å². The van der Waals surface area contributed by atoms with Crippen LogP contribution in [0, 0.1) is 10.1 Å². The van der Waals surface area contributed by atoms with Crippen LogP contribution in [0.4, 0.5) is 5.69 Å². The Balaban J connectivity index is 2.02. The number of halogens is 2. The van der Waals surface area contributed by atoms with Crippen molar-refractivity contribution in [3.63, 3.8) is 0 Å². The Morgan fingerprint density at radius 1 is 1.23 bits per heavy atom. The summed E-state index contributed by atoms with van der Waals surface area (Å²) >= 11 is 9.46. The highest BCUT2D eigenvalue weighted by Gasteiger charge is 2.15. The Morgan fingerprint density at radius 2 is 2.05 bits per heavy atom. The van der Waals surface area contributed by atoms with Gasteiger partial charge in [0.1, 0.15) is 0 Å². The second-order valence-electron chi connectivity index (χ2n) is 4.35. The lowest BCUT2D eigenvalue weighted by Gasteiger charge is -1.98. The van der Waals surface area contributed by atoms with Crippen LogP contribution < -0.4 is 0 Å². The van der Waals surface area contributed by atoms with Crippen LogP contribution in [0.25, 0.3) is 22.8 Å². The van der Waals surface area contributed by atoms with Gasteiger partial charge < -0.3 is 4.52 Å². The average Bonchev–Trinajstić information content (AvgIpc) is 2.99. The van der Waals surface area contributed by atoms with E-state index in [0.717, 1.165) is 4.47 Å². The Bertz CT molecular complexity index is 866. The summed E-state index contributed by atoms with van der Waals surface area (Å²) in [5.41, 5.74) is 1.04. The molecule has 0 fully saturated rings. The van der Waals surface area contributed by atoms with Crippen LogP contribution in [0.3, 0.4) is 0 Å². The first-order valence-electron chi connectivity index (χ1n) is 6.08. The summed E-state index contributed by atoms with van der Waals surface area (Å²) < 4.78 is 6.03. The lowest BCUT2D eigenvalue weighted by molar-refractivity contribution is -0.384. The molecule has 0 N–H and O–H groups in total. The fraction of sp³-hybridized carbons (Fsp3) is 0. The third-order valence-corrected chi connectivity index (χ3v) is 3.72. The van der Waals surface area contributed by atoms with Crippen molar-refractivity contribution in [1.29, 1.82) is 0 Å². The smallest absolute Gasteiger partial charge is 0.270 e. The van der Waals surface area contributed by atoms with E-state index >= 15 is 0 Å². The number of nitrogens with zero attached hydrogens (tertiary/aromatic N) is 3. The summed E-state index contributed by atoms with van der Waals surface area (Å²) in [6.45, 7) is 0.